The average Bonchev–Trinajstić information content (AvgIpc) is 1.88. The van der Waals surface area contributed by atoms with Gasteiger partial charge in [-0.25, -0.2) is 0 Å². The quantitative estimate of drug-likeness (QED) is 0.582. The first-order valence-corrected chi connectivity index (χ1v) is 2.92. The van der Waals surface area contributed by atoms with Crippen LogP contribution >= 0.6 is 11.6 Å². The molecule has 0 unspecified atom stereocenters. The third-order valence-corrected chi connectivity index (χ3v) is 1.17. The van der Waals surface area contributed by atoms with E-state index in [0.717, 1.165) is 0 Å². The van der Waals surface area contributed by atoms with Gasteiger partial charge in [0, 0.05) is 6.07 Å². The first-order chi connectivity index (χ1) is 4.33. The molecule has 0 N–H and O–H groups in total. The summed E-state index contributed by atoms with van der Waals surface area (Å²) in [5.74, 6) is 0.669. The molecule has 1 aromatic rings. The van der Waals surface area contributed by atoms with Crippen molar-refractivity contribution >= 4 is 11.6 Å². The van der Waals surface area contributed by atoms with Gasteiger partial charge in [0.05, 0.1) is 12.1 Å². The van der Waals surface area contributed by atoms with E-state index < -0.39 is 0 Å². The van der Waals surface area contributed by atoms with Crippen molar-refractivity contribution in [1.29, 1.82) is 0 Å². The summed E-state index contributed by atoms with van der Waals surface area (Å²) in [6, 6.07) is 8.17. The van der Waals surface area contributed by atoms with Gasteiger partial charge in [-0.2, -0.15) is 0 Å². The molecule has 0 atom stereocenters. The van der Waals surface area contributed by atoms with Crippen LogP contribution in [0.5, 0.6) is 5.75 Å². The van der Waals surface area contributed by atoms with E-state index in [2.05, 4.69) is 6.07 Å². The minimum atomic E-state index is 0.578. The Morgan fingerprint density at radius 1 is 1.56 bits per heavy atom. The fourth-order valence-corrected chi connectivity index (χ4v) is 0.706. The van der Waals surface area contributed by atoms with Gasteiger partial charge in [0.1, 0.15) is 5.75 Å². The van der Waals surface area contributed by atoms with Crippen molar-refractivity contribution in [2.75, 3.05) is 7.11 Å². The Hall–Kier alpha value is -0.690. The lowest BCUT2D eigenvalue weighted by molar-refractivity contribution is 0.414. The lowest BCUT2D eigenvalue weighted by Gasteiger charge is -1.95. The second-order valence-electron chi connectivity index (χ2n) is 1.57. The smallest absolute Gasteiger partial charge is 0.128 e. The summed E-state index contributed by atoms with van der Waals surface area (Å²) >= 11 is 5.59. The van der Waals surface area contributed by atoms with Gasteiger partial charge in [-0.3, -0.25) is 0 Å². The maximum absolute atomic E-state index is 5.59. The fraction of sp³-hybridized carbons (Fsp3) is 0.143. The summed E-state index contributed by atoms with van der Waals surface area (Å²) in [6.07, 6.45) is 0. The molecule has 2 heteroatoms. The largest absolute Gasteiger partial charge is 0.496 e. The molecule has 0 heterocycles. The monoisotopic (exact) mass is 141 g/mol. The Kier molecular flexibility index (Phi) is 1.96. The number of rotatable bonds is 1. The molecule has 47 valence electrons. The van der Waals surface area contributed by atoms with Gasteiger partial charge in [-0.05, 0) is 12.1 Å². The second-order valence-corrected chi connectivity index (χ2v) is 1.97. The van der Waals surface area contributed by atoms with Crippen molar-refractivity contribution in [2.24, 2.45) is 0 Å². The van der Waals surface area contributed by atoms with Crippen molar-refractivity contribution in [2.45, 2.75) is 0 Å². The number of ether oxygens (including phenoxy) is 1. The molecular formula is C7H6ClO. The van der Waals surface area contributed by atoms with Crippen molar-refractivity contribution in [3.63, 3.8) is 0 Å². The van der Waals surface area contributed by atoms with Crippen LogP contribution < -0.4 is 4.74 Å². The zero-order valence-electron chi connectivity index (χ0n) is 5.02. The summed E-state index contributed by atoms with van der Waals surface area (Å²) in [5, 5.41) is 0.578. The highest BCUT2D eigenvalue weighted by atomic mass is 35.5. The summed E-state index contributed by atoms with van der Waals surface area (Å²) in [6.45, 7) is 0. The average molecular weight is 142 g/mol. The van der Waals surface area contributed by atoms with E-state index in [9.17, 15) is 0 Å². The molecule has 0 aliphatic carbocycles. The zero-order chi connectivity index (χ0) is 6.69. The van der Waals surface area contributed by atoms with Crippen LogP contribution in [0.3, 0.4) is 0 Å². The molecule has 1 aromatic carbocycles. The minimum absolute atomic E-state index is 0.578. The first kappa shape index (κ1) is 6.43. The Morgan fingerprint density at radius 2 is 2.33 bits per heavy atom. The summed E-state index contributed by atoms with van der Waals surface area (Å²) < 4.78 is 4.86. The molecular weight excluding hydrogens is 136 g/mol. The molecule has 1 rings (SSSR count). The molecule has 0 saturated carbocycles. The van der Waals surface area contributed by atoms with Crippen molar-refractivity contribution < 1.29 is 4.74 Å². The standard InChI is InChI=1S/C7H6ClO/c1-9-7-4-2-3-6(8)5-7/h2-4H,1H3. The number of hydrogen-bond donors (Lipinski definition) is 0. The molecule has 0 aliphatic heterocycles. The second kappa shape index (κ2) is 2.74. The van der Waals surface area contributed by atoms with Crippen LogP contribution in [0.2, 0.25) is 5.02 Å². The molecule has 0 bridgehead atoms. The van der Waals surface area contributed by atoms with Gasteiger partial charge in [0.2, 0.25) is 0 Å². The van der Waals surface area contributed by atoms with Crippen LogP contribution in [0, 0.1) is 6.07 Å². The highest BCUT2D eigenvalue weighted by molar-refractivity contribution is 6.30. The molecule has 1 nitrogen and oxygen atoms in total. The Balaban J connectivity index is 2.94. The molecule has 1 radical (unpaired) electrons. The van der Waals surface area contributed by atoms with Crippen LogP contribution in [0.15, 0.2) is 18.2 Å². The predicted octanol–water partition coefficient (Wildman–Crippen LogP) is 2.15. The lowest BCUT2D eigenvalue weighted by Crippen LogP contribution is -1.80. The number of hydrogen-bond acceptors (Lipinski definition) is 1. The summed E-state index contributed by atoms with van der Waals surface area (Å²) in [7, 11) is 1.59. The van der Waals surface area contributed by atoms with E-state index in [1.54, 1.807) is 19.2 Å². The molecule has 0 amide bonds. The topological polar surface area (TPSA) is 9.23 Å². The van der Waals surface area contributed by atoms with Gasteiger partial charge in [0.25, 0.3) is 0 Å². The molecule has 0 aromatic heterocycles. The van der Waals surface area contributed by atoms with E-state index in [0.29, 0.717) is 10.8 Å². The number of methoxy groups -OCH3 is 1. The van der Waals surface area contributed by atoms with E-state index >= 15 is 0 Å². The SMILES string of the molecule is COc1[c]c(Cl)ccc1. The van der Waals surface area contributed by atoms with E-state index in [-0.39, 0.29) is 0 Å². The Labute approximate surface area is 59.2 Å². The van der Waals surface area contributed by atoms with Crippen molar-refractivity contribution in [1.82, 2.24) is 0 Å². The molecule has 9 heavy (non-hydrogen) atoms. The van der Waals surface area contributed by atoms with Crippen LogP contribution in [-0.2, 0) is 0 Å². The number of benzene rings is 1. The fourth-order valence-electron chi connectivity index (χ4n) is 0.540. The highest BCUT2D eigenvalue weighted by Gasteiger charge is 1.89. The van der Waals surface area contributed by atoms with E-state index in [1.807, 2.05) is 6.07 Å². The van der Waals surface area contributed by atoms with Crippen molar-refractivity contribution in [3.8, 4) is 5.75 Å². The van der Waals surface area contributed by atoms with Crippen molar-refractivity contribution in [3.05, 3.63) is 29.3 Å². The third kappa shape index (κ3) is 1.61. The van der Waals surface area contributed by atoms with Crippen LogP contribution in [0.1, 0.15) is 0 Å². The highest BCUT2D eigenvalue weighted by Crippen LogP contribution is 2.14. The summed E-state index contributed by atoms with van der Waals surface area (Å²) in [5.41, 5.74) is 0. The zero-order valence-corrected chi connectivity index (χ0v) is 5.77. The van der Waals surface area contributed by atoms with Crippen LogP contribution in [0.25, 0.3) is 0 Å². The van der Waals surface area contributed by atoms with E-state index in [4.69, 9.17) is 16.3 Å². The minimum Gasteiger partial charge on any atom is -0.496 e. The van der Waals surface area contributed by atoms with Gasteiger partial charge in [-0.1, -0.05) is 17.7 Å². The third-order valence-electron chi connectivity index (χ3n) is 0.953. The maximum atomic E-state index is 5.59. The van der Waals surface area contributed by atoms with Crippen LogP contribution in [0.4, 0.5) is 0 Å². The predicted molar refractivity (Wildman–Crippen MR) is 36.8 cm³/mol. The van der Waals surface area contributed by atoms with Gasteiger partial charge >= 0.3 is 0 Å². The maximum Gasteiger partial charge on any atom is 0.128 e. The molecule has 0 saturated heterocycles. The van der Waals surface area contributed by atoms with Gasteiger partial charge in [0.15, 0.2) is 0 Å². The lowest BCUT2D eigenvalue weighted by atomic mass is 10.3. The number of halogens is 1. The normalized spacial score (nSPS) is 9.11. The summed E-state index contributed by atoms with van der Waals surface area (Å²) in [4.78, 5) is 0. The Morgan fingerprint density at radius 3 is 2.78 bits per heavy atom. The molecule has 0 aliphatic rings. The molecule has 0 fully saturated rings. The Bertz CT molecular complexity index is 198. The van der Waals surface area contributed by atoms with Gasteiger partial charge < -0.3 is 4.74 Å². The van der Waals surface area contributed by atoms with Crippen LogP contribution in [-0.4, -0.2) is 7.11 Å². The first-order valence-electron chi connectivity index (χ1n) is 2.55. The van der Waals surface area contributed by atoms with E-state index in [1.165, 1.54) is 0 Å². The molecule has 0 spiro atoms. The van der Waals surface area contributed by atoms with Gasteiger partial charge in [-0.15, -0.1) is 0 Å².